The van der Waals surface area contributed by atoms with Gasteiger partial charge in [-0.05, 0) is 13.0 Å². The molecule has 1 saturated heterocycles. The maximum atomic E-state index is 4.27. The Morgan fingerprint density at radius 1 is 1.41 bits per heavy atom. The molecule has 0 bridgehead atoms. The highest BCUT2D eigenvalue weighted by Gasteiger charge is 2.09. The molecule has 0 amide bonds. The van der Waals surface area contributed by atoms with E-state index in [9.17, 15) is 0 Å². The van der Waals surface area contributed by atoms with Gasteiger partial charge in [-0.25, -0.2) is 0 Å². The zero-order chi connectivity index (χ0) is 11.9. The van der Waals surface area contributed by atoms with Gasteiger partial charge in [-0.2, -0.15) is 16.9 Å². The van der Waals surface area contributed by atoms with Crippen LogP contribution in [0.1, 0.15) is 12.6 Å². The van der Waals surface area contributed by atoms with E-state index in [1.54, 1.807) is 0 Å². The van der Waals surface area contributed by atoms with Crippen LogP contribution >= 0.6 is 11.8 Å². The predicted molar refractivity (Wildman–Crippen MR) is 73.4 cm³/mol. The van der Waals surface area contributed by atoms with Crippen LogP contribution in [0.2, 0.25) is 0 Å². The maximum Gasteiger partial charge on any atom is 0.0521 e. The second-order valence-corrected chi connectivity index (χ2v) is 5.49. The Morgan fingerprint density at radius 2 is 2.24 bits per heavy atom. The second kappa shape index (κ2) is 7.03. The van der Waals surface area contributed by atoms with Crippen LogP contribution in [0.3, 0.4) is 0 Å². The molecule has 0 atom stereocenters. The molecular weight excluding hydrogens is 232 g/mol. The van der Waals surface area contributed by atoms with Crippen LogP contribution in [0.4, 0.5) is 0 Å². The number of hydrogen-bond acceptors (Lipinski definition) is 4. The smallest absolute Gasteiger partial charge is 0.0521 e. The van der Waals surface area contributed by atoms with Gasteiger partial charge in [0.1, 0.15) is 0 Å². The van der Waals surface area contributed by atoms with Crippen LogP contribution in [0.5, 0.6) is 0 Å². The zero-order valence-electron chi connectivity index (χ0n) is 10.6. The predicted octanol–water partition coefficient (Wildman–Crippen LogP) is 1.04. The molecular formula is C12H22N4S. The van der Waals surface area contributed by atoms with Crippen molar-refractivity contribution in [2.75, 3.05) is 37.7 Å². The molecule has 0 radical (unpaired) electrons. The number of rotatable bonds is 6. The van der Waals surface area contributed by atoms with E-state index in [1.165, 1.54) is 36.8 Å². The van der Waals surface area contributed by atoms with Crippen LogP contribution in [0, 0.1) is 0 Å². The monoisotopic (exact) mass is 254 g/mol. The summed E-state index contributed by atoms with van der Waals surface area (Å²) >= 11 is 2.07. The summed E-state index contributed by atoms with van der Waals surface area (Å²) in [5.41, 5.74) is 1.28. The highest BCUT2D eigenvalue weighted by molar-refractivity contribution is 7.99. The van der Waals surface area contributed by atoms with Crippen molar-refractivity contribution >= 4 is 11.8 Å². The van der Waals surface area contributed by atoms with Crippen molar-refractivity contribution in [3.05, 3.63) is 18.0 Å². The van der Waals surface area contributed by atoms with Crippen molar-refractivity contribution < 1.29 is 0 Å². The van der Waals surface area contributed by atoms with E-state index in [1.807, 2.05) is 10.9 Å². The average molecular weight is 254 g/mol. The van der Waals surface area contributed by atoms with Gasteiger partial charge in [0.2, 0.25) is 0 Å². The van der Waals surface area contributed by atoms with Crippen LogP contribution in [0.15, 0.2) is 12.3 Å². The fourth-order valence-electron chi connectivity index (χ4n) is 2.07. The molecule has 1 N–H and O–H groups in total. The summed E-state index contributed by atoms with van der Waals surface area (Å²) in [6.07, 6.45) is 1.88. The van der Waals surface area contributed by atoms with E-state index >= 15 is 0 Å². The van der Waals surface area contributed by atoms with E-state index in [0.717, 1.165) is 19.6 Å². The highest BCUT2D eigenvalue weighted by Crippen LogP contribution is 2.08. The lowest BCUT2D eigenvalue weighted by Gasteiger charge is -2.26. The molecule has 0 aliphatic carbocycles. The summed E-state index contributed by atoms with van der Waals surface area (Å²) in [6, 6.07) is 2.09. The molecule has 0 unspecified atom stereocenters. The molecule has 1 fully saturated rings. The lowest BCUT2D eigenvalue weighted by atomic mass is 10.4. The Hall–Kier alpha value is -0.520. The van der Waals surface area contributed by atoms with Gasteiger partial charge in [0.15, 0.2) is 0 Å². The molecule has 2 rings (SSSR count). The second-order valence-electron chi connectivity index (χ2n) is 4.27. The minimum absolute atomic E-state index is 0.927. The Bertz CT molecular complexity index is 320. The van der Waals surface area contributed by atoms with Crippen LogP contribution in [0.25, 0.3) is 0 Å². The number of nitrogens with zero attached hydrogens (tertiary/aromatic N) is 3. The number of aryl methyl sites for hydroxylation is 1. The third kappa shape index (κ3) is 4.01. The maximum absolute atomic E-state index is 4.27. The molecule has 0 aromatic carbocycles. The summed E-state index contributed by atoms with van der Waals surface area (Å²) in [6.45, 7) is 8.74. The third-order valence-electron chi connectivity index (χ3n) is 3.12. The Balaban J connectivity index is 1.62. The van der Waals surface area contributed by atoms with Gasteiger partial charge in [-0.3, -0.25) is 4.68 Å². The Morgan fingerprint density at radius 3 is 3.00 bits per heavy atom. The van der Waals surface area contributed by atoms with Gasteiger partial charge >= 0.3 is 0 Å². The van der Waals surface area contributed by atoms with Crippen molar-refractivity contribution in [2.45, 2.75) is 20.0 Å². The van der Waals surface area contributed by atoms with E-state index in [-0.39, 0.29) is 0 Å². The van der Waals surface area contributed by atoms with E-state index < -0.39 is 0 Å². The molecule has 1 aliphatic rings. The first-order valence-corrected chi connectivity index (χ1v) is 7.57. The fraction of sp³-hybridized carbons (Fsp3) is 0.750. The fourth-order valence-corrected chi connectivity index (χ4v) is 3.05. The molecule has 1 aliphatic heterocycles. The molecule has 1 aromatic heterocycles. The molecule has 17 heavy (non-hydrogen) atoms. The first-order chi connectivity index (χ1) is 8.40. The molecule has 2 heterocycles. The summed E-state index contributed by atoms with van der Waals surface area (Å²) in [7, 11) is 0. The van der Waals surface area contributed by atoms with E-state index in [4.69, 9.17) is 0 Å². The Kier molecular flexibility index (Phi) is 5.35. The van der Waals surface area contributed by atoms with E-state index in [2.05, 4.69) is 40.1 Å². The van der Waals surface area contributed by atoms with Crippen molar-refractivity contribution in [1.82, 2.24) is 20.0 Å². The summed E-state index contributed by atoms with van der Waals surface area (Å²) in [4.78, 5) is 2.54. The van der Waals surface area contributed by atoms with Gasteiger partial charge in [0.05, 0.1) is 5.69 Å². The van der Waals surface area contributed by atoms with Crippen LogP contribution in [-0.4, -0.2) is 52.4 Å². The van der Waals surface area contributed by atoms with Crippen molar-refractivity contribution in [3.8, 4) is 0 Å². The number of thioether (sulfide) groups is 1. The molecule has 1 aromatic rings. The molecule has 5 heteroatoms. The largest absolute Gasteiger partial charge is 0.310 e. The van der Waals surface area contributed by atoms with Crippen molar-refractivity contribution in [1.29, 1.82) is 0 Å². The highest BCUT2D eigenvalue weighted by atomic mass is 32.2. The van der Waals surface area contributed by atoms with Gasteiger partial charge in [0.25, 0.3) is 0 Å². The molecule has 4 nitrogen and oxygen atoms in total. The number of nitrogens with one attached hydrogen (secondary N) is 1. The first kappa shape index (κ1) is 12.9. The summed E-state index contributed by atoms with van der Waals surface area (Å²) in [5.74, 6) is 2.59. The van der Waals surface area contributed by atoms with Gasteiger partial charge in [0, 0.05) is 57.0 Å². The molecule has 0 saturated carbocycles. The number of hydrogen-bond donors (Lipinski definition) is 1. The minimum atomic E-state index is 0.927. The van der Waals surface area contributed by atoms with Gasteiger partial charge in [-0.15, -0.1) is 0 Å². The summed E-state index contributed by atoms with van der Waals surface area (Å²) in [5, 5.41) is 7.77. The first-order valence-electron chi connectivity index (χ1n) is 6.41. The van der Waals surface area contributed by atoms with Crippen molar-refractivity contribution in [3.63, 3.8) is 0 Å². The van der Waals surface area contributed by atoms with Crippen LogP contribution in [-0.2, 0) is 13.1 Å². The van der Waals surface area contributed by atoms with Crippen molar-refractivity contribution in [2.24, 2.45) is 0 Å². The minimum Gasteiger partial charge on any atom is -0.310 e. The standard InChI is InChI=1S/C12H22N4S/c1-2-16-12(3-4-14-16)11-13-5-6-15-7-9-17-10-8-15/h3-4,13H,2,5-11H2,1H3. The topological polar surface area (TPSA) is 33.1 Å². The van der Waals surface area contributed by atoms with Gasteiger partial charge < -0.3 is 10.2 Å². The normalized spacial score (nSPS) is 17.5. The zero-order valence-corrected chi connectivity index (χ0v) is 11.4. The lowest BCUT2D eigenvalue weighted by molar-refractivity contribution is 0.300. The van der Waals surface area contributed by atoms with E-state index in [0.29, 0.717) is 0 Å². The lowest BCUT2D eigenvalue weighted by Crippen LogP contribution is -2.37. The van der Waals surface area contributed by atoms with Gasteiger partial charge in [-0.1, -0.05) is 0 Å². The number of aromatic nitrogens is 2. The van der Waals surface area contributed by atoms with Crippen LogP contribution < -0.4 is 5.32 Å². The molecule has 0 spiro atoms. The Labute approximate surface area is 108 Å². The summed E-state index contributed by atoms with van der Waals surface area (Å²) < 4.78 is 2.05. The third-order valence-corrected chi connectivity index (χ3v) is 4.06. The quantitative estimate of drug-likeness (QED) is 0.769. The average Bonchev–Trinajstić information content (AvgIpc) is 2.83. The molecule has 96 valence electrons. The SMILES string of the molecule is CCn1nccc1CNCCN1CCSCC1.